The molecule has 1 aromatic heterocycles. The number of nitrogens with zero attached hydrogens (tertiary/aromatic N) is 2. The van der Waals surface area contributed by atoms with Crippen LogP contribution in [0, 0.1) is 12.7 Å². The highest BCUT2D eigenvalue weighted by atomic mass is 35.5. The molecule has 108 valence electrons. The van der Waals surface area contributed by atoms with E-state index in [4.69, 9.17) is 11.6 Å². The van der Waals surface area contributed by atoms with Crippen LogP contribution in [0.4, 0.5) is 8.28 Å². The van der Waals surface area contributed by atoms with Crippen LogP contribution in [0.1, 0.15) is 23.2 Å². The zero-order chi connectivity index (χ0) is 14.9. The summed E-state index contributed by atoms with van der Waals surface area (Å²) >= 11 is 7.00. The molecule has 1 atom stereocenters. The summed E-state index contributed by atoms with van der Waals surface area (Å²) in [5, 5.41) is 10.8. The highest BCUT2D eigenvalue weighted by Crippen LogP contribution is 2.32. The number of aromatic nitrogens is 2. The maximum Gasteiger partial charge on any atom is 0.171 e. The first kappa shape index (κ1) is 15.6. The molecular formula is C12H11ClF2N2OS2. The minimum atomic E-state index is -1.18. The molecule has 0 aliphatic rings. The van der Waals surface area contributed by atoms with Crippen molar-refractivity contribution in [1.29, 1.82) is 0 Å². The van der Waals surface area contributed by atoms with E-state index in [1.54, 1.807) is 6.92 Å². The van der Waals surface area contributed by atoms with E-state index in [0.717, 1.165) is 6.07 Å². The van der Waals surface area contributed by atoms with Crippen LogP contribution in [-0.2, 0) is 0 Å². The van der Waals surface area contributed by atoms with Gasteiger partial charge in [0, 0.05) is 0 Å². The van der Waals surface area contributed by atoms with Crippen molar-refractivity contribution in [3.8, 4) is 0 Å². The molecule has 0 amide bonds. The number of hydrogen-bond acceptors (Lipinski definition) is 4. The lowest BCUT2D eigenvalue weighted by atomic mass is 10.1. The Hall–Kier alpha value is -0.760. The van der Waals surface area contributed by atoms with Gasteiger partial charge in [0.15, 0.2) is 18.2 Å². The molecule has 0 saturated heterocycles. The molecule has 3 nitrogen and oxygen atoms in total. The van der Waals surface area contributed by atoms with Gasteiger partial charge in [0.2, 0.25) is 0 Å². The predicted octanol–water partition coefficient (Wildman–Crippen LogP) is 4.17. The van der Waals surface area contributed by atoms with E-state index in [1.807, 2.05) is 6.26 Å². The number of aliphatic hydroxyl groups is 1. The highest BCUT2D eigenvalue weighted by molar-refractivity contribution is 7.98. The van der Waals surface area contributed by atoms with E-state index in [-0.39, 0.29) is 23.2 Å². The molecule has 8 heteroatoms. The third kappa shape index (κ3) is 2.81. The monoisotopic (exact) mass is 336 g/mol. The van der Waals surface area contributed by atoms with Crippen LogP contribution in [0.3, 0.4) is 0 Å². The number of aliphatic hydroxyl groups excluding tert-OH is 1. The summed E-state index contributed by atoms with van der Waals surface area (Å²) in [6, 6.07) is 3.85. The molecule has 1 N–H and O–H groups in total. The second kappa shape index (κ2) is 6.34. The van der Waals surface area contributed by atoms with Crippen LogP contribution in [-0.4, -0.2) is 20.3 Å². The van der Waals surface area contributed by atoms with E-state index in [0.29, 0.717) is 16.3 Å². The van der Waals surface area contributed by atoms with Crippen LogP contribution >= 0.6 is 35.7 Å². The normalized spacial score (nSPS) is 12.7. The molecule has 1 aromatic carbocycles. The van der Waals surface area contributed by atoms with Gasteiger partial charge in [-0.3, -0.25) is 0 Å². The number of rotatable bonds is 4. The summed E-state index contributed by atoms with van der Waals surface area (Å²) in [5.74, 6) is -0.436. The highest BCUT2D eigenvalue weighted by Gasteiger charge is 2.22. The zero-order valence-corrected chi connectivity index (χ0v) is 13.0. The molecular weight excluding hydrogens is 326 g/mol. The second-order valence-corrected chi connectivity index (χ2v) is 5.71. The summed E-state index contributed by atoms with van der Waals surface area (Å²) < 4.78 is 27.4. The molecule has 0 radical (unpaired) electrons. The minimum absolute atomic E-state index is 0.0376. The fraction of sp³-hybridized carbons (Fsp3) is 0.250. The summed E-state index contributed by atoms with van der Waals surface area (Å²) in [6.45, 7) is 1.71. The van der Waals surface area contributed by atoms with Crippen LogP contribution in [0.2, 0.25) is 5.02 Å². The summed E-state index contributed by atoms with van der Waals surface area (Å²) in [4.78, 5) is 4.21. The van der Waals surface area contributed by atoms with E-state index >= 15 is 0 Å². The fourth-order valence-corrected chi connectivity index (χ4v) is 2.99. The maximum absolute atomic E-state index is 13.1. The van der Waals surface area contributed by atoms with Gasteiger partial charge in [0.1, 0.15) is 16.9 Å². The Balaban J connectivity index is 2.47. The SMILES string of the molecule is CSc1nc(C(O)c2ccc(F)c(Cl)c2)n(SF)c1C. The molecule has 1 unspecified atom stereocenters. The Morgan fingerprint density at radius 2 is 2.15 bits per heavy atom. The van der Waals surface area contributed by atoms with Crippen LogP contribution in [0.5, 0.6) is 0 Å². The van der Waals surface area contributed by atoms with Gasteiger partial charge < -0.3 is 5.11 Å². The zero-order valence-electron chi connectivity index (χ0n) is 10.6. The Bertz CT molecular complexity index is 636. The molecule has 1 heterocycles. The number of halogens is 3. The van der Waals surface area contributed by atoms with Crippen LogP contribution in [0.15, 0.2) is 23.2 Å². The first-order valence-corrected chi connectivity index (χ1v) is 7.82. The van der Waals surface area contributed by atoms with Gasteiger partial charge in [-0.25, -0.2) is 13.3 Å². The Labute approximate surface area is 128 Å². The standard InChI is InChI=1S/C12H11ClF2N2OS2/c1-6-12(19-2)16-11(17(6)20-15)10(18)7-3-4-9(14)8(13)5-7/h3-5,10,18H,1-2H3. The summed E-state index contributed by atoms with van der Waals surface area (Å²) in [6.07, 6.45) is 0.629. The molecule has 2 rings (SSSR count). The van der Waals surface area contributed by atoms with Crippen molar-refractivity contribution in [3.63, 3.8) is 0 Å². The third-order valence-corrected chi connectivity index (χ3v) is 4.47. The molecule has 0 spiro atoms. The van der Waals surface area contributed by atoms with Gasteiger partial charge in [-0.2, -0.15) is 0 Å². The molecule has 0 fully saturated rings. The summed E-state index contributed by atoms with van der Waals surface area (Å²) in [7, 11) is 0. The minimum Gasteiger partial charge on any atom is -0.380 e. The topological polar surface area (TPSA) is 38.1 Å². The second-order valence-electron chi connectivity index (χ2n) is 4.00. The van der Waals surface area contributed by atoms with Crippen molar-refractivity contribution < 1.29 is 13.4 Å². The van der Waals surface area contributed by atoms with Gasteiger partial charge >= 0.3 is 0 Å². The van der Waals surface area contributed by atoms with Crippen molar-refractivity contribution in [2.75, 3.05) is 6.26 Å². The Morgan fingerprint density at radius 3 is 2.70 bits per heavy atom. The van der Waals surface area contributed by atoms with Crippen molar-refractivity contribution in [2.24, 2.45) is 0 Å². The van der Waals surface area contributed by atoms with Gasteiger partial charge in [0.05, 0.1) is 10.7 Å². The maximum atomic E-state index is 13.1. The molecule has 2 aromatic rings. The molecule has 20 heavy (non-hydrogen) atoms. The van der Waals surface area contributed by atoms with E-state index < -0.39 is 11.9 Å². The van der Waals surface area contributed by atoms with E-state index in [2.05, 4.69) is 4.98 Å². The van der Waals surface area contributed by atoms with Crippen molar-refractivity contribution in [2.45, 2.75) is 18.1 Å². The van der Waals surface area contributed by atoms with Gasteiger partial charge in [0.25, 0.3) is 0 Å². The van der Waals surface area contributed by atoms with E-state index in [9.17, 15) is 13.4 Å². The van der Waals surface area contributed by atoms with Crippen LogP contribution in [0.25, 0.3) is 0 Å². The molecule has 0 saturated carbocycles. The van der Waals surface area contributed by atoms with Gasteiger partial charge in [-0.05, 0) is 30.9 Å². The molecule has 0 bridgehead atoms. The lowest BCUT2D eigenvalue weighted by Gasteiger charge is -2.11. The lowest BCUT2D eigenvalue weighted by Crippen LogP contribution is -2.06. The van der Waals surface area contributed by atoms with Crippen molar-refractivity contribution >= 4 is 35.7 Å². The number of hydrogen-bond donors (Lipinski definition) is 1. The number of thioether (sulfide) groups is 1. The fourth-order valence-electron chi connectivity index (χ4n) is 1.77. The first-order valence-electron chi connectivity index (χ1n) is 5.55. The molecule has 0 aliphatic carbocycles. The van der Waals surface area contributed by atoms with Crippen LogP contribution < -0.4 is 0 Å². The lowest BCUT2D eigenvalue weighted by molar-refractivity contribution is 0.209. The van der Waals surface area contributed by atoms with Crippen molar-refractivity contribution in [1.82, 2.24) is 8.96 Å². The smallest absolute Gasteiger partial charge is 0.171 e. The quantitative estimate of drug-likeness (QED) is 0.850. The Kier molecular flexibility index (Phi) is 4.95. The Morgan fingerprint density at radius 1 is 1.45 bits per heavy atom. The largest absolute Gasteiger partial charge is 0.380 e. The molecule has 0 aliphatic heterocycles. The predicted molar refractivity (Wildman–Crippen MR) is 78.3 cm³/mol. The van der Waals surface area contributed by atoms with Gasteiger partial charge in [-0.15, -0.1) is 15.6 Å². The summed E-state index contributed by atoms with van der Waals surface area (Å²) in [5.41, 5.74) is 0.955. The average Bonchev–Trinajstić information content (AvgIpc) is 2.77. The first-order chi connectivity index (χ1) is 9.49. The number of benzene rings is 1. The van der Waals surface area contributed by atoms with Crippen molar-refractivity contribution in [3.05, 3.63) is 46.1 Å². The van der Waals surface area contributed by atoms with E-state index in [1.165, 1.54) is 27.9 Å². The third-order valence-electron chi connectivity index (χ3n) is 2.80. The number of imidazole rings is 1. The average molecular weight is 337 g/mol. The van der Waals surface area contributed by atoms with Gasteiger partial charge in [-0.1, -0.05) is 17.7 Å².